The van der Waals surface area contributed by atoms with Crippen molar-refractivity contribution in [2.75, 3.05) is 19.6 Å². The number of carbonyl (C=O) groups excluding carboxylic acids is 1. The van der Waals surface area contributed by atoms with Crippen molar-refractivity contribution in [2.24, 2.45) is 0 Å². The Morgan fingerprint density at radius 2 is 2.06 bits per heavy atom. The highest BCUT2D eigenvalue weighted by molar-refractivity contribution is 5.84. The summed E-state index contributed by atoms with van der Waals surface area (Å²) in [4.78, 5) is 14.5. The normalized spacial score (nSPS) is 24.7. The van der Waals surface area contributed by atoms with Gasteiger partial charge >= 0.3 is 6.18 Å². The molecule has 1 atom stereocenters. The third kappa shape index (κ3) is 2.93. The monoisotopic (exact) mass is 261 g/mol. The molecule has 4 nitrogen and oxygen atoms in total. The standard InChI is InChI=1S/C11H14F3N3O/c12-11(13,14)7-16-5-3-9(10(16)18)17(6-4-15)8-1-2-8/h8-9H,1-3,5-7H2/t9-/m0/s1. The first-order valence-corrected chi connectivity index (χ1v) is 5.90. The number of carbonyl (C=O) groups is 1. The molecule has 1 amide bonds. The van der Waals surface area contributed by atoms with Crippen LogP contribution >= 0.6 is 0 Å². The maximum Gasteiger partial charge on any atom is 0.406 e. The highest BCUT2D eigenvalue weighted by Gasteiger charge is 2.44. The summed E-state index contributed by atoms with van der Waals surface area (Å²) in [5.41, 5.74) is 0. The molecular formula is C11H14F3N3O. The lowest BCUT2D eigenvalue weighted by Gasteiger charge is -2.25. The van der Waals surface area contributed by atoms with Crippen LogP contribution in [0.25, 0.3) is 0 Å². The Kier molecular flexibility index (Phi) is 3.48. The van der Waals surface area contributed by atoms with Crippen molar-refractivity contribution in [3.05, 3.63) is 0 Å². The van der Waals surface area contributed by atoms with E-state index in [0.717, 1.165) is 17.7 Å². The molecule has 2 aliphatic rings. The predicted molar refractivity (Wildman–Crippen MR) is 56.4 cm³/mol. The van der Waals surface area contributed by atoms with Crippen LogP contribution in [0.1, 0.15) is 19.3 Å². The Morgan fingerprint density at radius 3 is 2.56 bits per heavy atom. The molecule has 0 aromatic carbocycles. The minimum Gasteiger partial charge on any atom is -0.332 e. The van der Waals surface area contributed by atoms with Crippen LogP contribution in [-0.2, 0) is 4.79 Å². The van der Waals surface area contributed by atoms with Crippen LogP contribution in [0.15, 0.2) is 0 Å². The summed E-state index contributed by atoms with van der Waals surface area (Å²) >= 11 is 0. The van der Waals surface area contributed by atoms with Crippen LogP contribution in [0.3, 0.4) is 0 Å². The Morgan fingerprint density at radius 1 is 1.39 bits per heavy atom. The molecular weight excluding hydrogens is 247 g/mol. The van der Waals surface area contributed by atoms with Gasteiger partial charge in [-0.1, -0.05) is 0 Å². The highest BCUT2D eigenvalue weighted by Crippen LogP contribution is 2.32. The van der Waals surface area contributed by atoms with Crippen LogP contribution in [0.5, 0.6) is 0 Å². The van der Waals surface area contributed by atoms with Crippen LogP contribution < -0.4 is 0 Å². The number of rotatable bonds is 4. The molecule has 7 heteroatoms. The zero-order valence-electron chi connectivity index (χ0n) is 9.78. The third-order valence-corrected chi connectivity index (χ3v) is 3.31. The van der Waals surface area contributed by atoms with Crippen molar-refractivity contribution in [1.82, 2.24) is 9.80 Å². The molecule has 1 aliphatic heterocycles. The van der Waals surface area contributed by atoms with Crippen LogP contribution in [0, 0.1) is 11.3 Å². The Balaban J connectivity index is 1.99. The summed E-state index contributed by atoms with van der Waals surface area (Å²) in [6.07, 6.45) is -2.13. The number of amides is 1. The van der Waals surface area contributed by atoms with Crippen molar-refractivity contribution in [3.63, 3.8) is 0 Å². The second-order valence-electron chi connectivity index (χ2n) is 4.74. The van der Waals surface area contributed by atoms with Crippen LogP contribution in [0.4, 0.5) is 13.2 Å². The van der Waals surface area contributed by atoms with E-state index in [-0.39, 0.29) is 19.1 Å². The fraction of sp³-hybridized carbons (Fsp3) is 0.818. The molecule has 0 radical (unpaired) electrons. The van der Waals surface area contributed by atoms with E-state index >= 15 is 0 Å². The number of alkyl halides is 3. The van der Waals surface area contributed by atoms with Gasteiger partial charge in [-0.3, -0.25) is 9.69 Å². The fourth-order valence-electron chi connectivity index (χ4n) is 2.39. The van der Waals surface area contributed by atoms with Gasteiger partial charge in [0.1, 0.15) is 6.54 Å². The molecule has 18 heavy (non-hydrogen) atoms. The second-order valence-corrected chi connectivity index (χ2v) is 4.74. The minimum absolute atomic E-state index is 0.112. The molecule has 1 saturated carbocycles. The molecule has 2 fully saturated rings. The van der Waals surface area contributed by atoms with E-state index < -0.39 is 24.7 Å². The molecule has 0 bridgehead atoms. The van der Waals surface area contributed by atoms with E-state index in [1.54, 1.807) is 4.90 Å². The molecule has 100 valence electrons. The first-order valence-electron chi connectivity index (χ1n) is 5.90. The van der Waals surface area contributed by atoms with Gasteiger partial charge in [0, 0.05) is 12.6 Å². The smallest absolute Gasteiger partial charge is 0.332 e. The van der Waals surface area contributed by atoms with E-state index in [9.17, 15) is 18.0 Å². The number of likely N-dealkylation sites (tertiary alicyclic amines) is 1. The van der Waals surface area contributed by atoms with Gasteiger partial charge in [0.15, 0.2) is 0 Å². The Hall–Kier alpha value is -1.29. The first-order chi connectivity index (χ1) is 8.42. The van der Waals surface area contributed by atoms with Gasteiger partial charge in [0.25, 0.3) is 0 Å². The molecule has 2 rings (SSSR count). The zero-order valence-corrected chi connectivity index (χ0v) is 9.78. The number of hydrogen-bond acceptors (Lipinski definition) is 3. The van der Waals surface area contributed by atoms with Crippen molar-refractivity contribution in [2.45, 2.75) is 37.5 Å². The highest BCUT2D eigenvalue weighted by atomic mass is 19.4. The molecule has 0 unspecified atom stereocenters. The zero-order chi connectivity index (χ0) is 13.3. The van der Waals surface area contributed by atoms with Gasteiger partial charge in [-0.05, 0) is 19.3 Å². The first kappa shape index (κ1) is 13.1. The molecule has 1 saturated heterocycles. The van der Waals surface area contributed by atoms with Crippen LogP contribution in [0.2, 0.25) is 0 Å². The van der Waals surface area contributed by atoms with E-state index in [4.69, 9.17) is 5.26 Å². The van der Waals surface area contributed by atoms with E-state index in [2.05, 4.69) is 0 Å². The molecule has 1 heterocycles. The Bertz CT molecular complexity index is 373. The molecule has 0 spiro atoms. The van der Waals surface area contributed by atoms with Gasteiger partial charge < -0.3 is 4.90 Å². The summed E-state index contributed by atoms with van der Waals surface area (Å²) in [5, 5.41) is 8.72. The van der Waals surface area contributed by atoms with Gasteiger partial charge in [-0.15, -0.1) is 0 Å². The van der Waals surface area contributed by atoms with E-state index in [1.807, 2.05) is 6.07 Å². The molecule has 0 N–H and O–H groups in total. The maximum absolute atomic E-state index is 12.3. The summed E-state index contributed by atoms with van der Waals surface area (Å²) in [6.45, 7) is -0.952. The second kappa shape index (κ2) is 4.76. The Labute approximate surface area is 103 Å². The predicted octanol–water partition coefficient (Wildman–Crippen LogP) is 1.14. The van der Waals surface area contributed by atoms with Gasteiger partial charge in [0.2, 0.25) is 5.91 Å². The minimum atomic E-state index is -4.36. The molecule has 0 aromatic heterocycles. The van der Waals surface area contributed by atoms with Gasteiger partial charge in [0.05, 0.1) is 18.7 Å². The summed E-state index contributed by atoms with van der Waals surface area (Å²) in [7, 11) is 0. The SMILES string of the molecule is N#CCN(C1CC1)[C@H]1CCN(CC(F)(F)F)C1=O. The van der Waals surface area contributed by atoms with E-state index in [1.165, 1.54) is 0 Å². The number of halogens is 3. The maximum atomic E-state index is 12.3. The number of hydrogen-bond donors (Lipinski definition) is 0. The number of nitrogens with zero attached hydrogens (tertiary/aromatic N) is 3. The third-order valence-electron chi connectivity index (χ3n) is 3.31. The fourth-order valence-corrected chi connectivity index (χ4v) is 2.39. The summed E-state index contributed by atoms with van der Waals surface area (Å²) in [5.74, 6) is -0.491. The van der Waals surface area contributed by atoms with Crippen molar-refractivity contribution >= 4 is 5.91 Å². The topological polar surface area (TPSA) is 47.3 Å². The van der Waals surface area contributed by atoms with Crippen LogP contribution in [-0.4, -0.2) is 53.6 Å². The van der Waals surface area contributed by atoms with Gasteiger partial charge in [-0.25, -0.2) is 0 Å². The summed E-state index contributed by atoms with van der Waals surface area (Å²) < 4.78 is 36.8. The quantitative estimate of drug-likeness (QED) is 0.713. The van der Waals surface area contributed by atoms with Crippen molar-refractivity contribution in [3.8, 4) is 6.07 Å². The molecule has 0 aromatic rings. The molecule has 1 aliphatic carbocycles. The lowest BCUT2D eigenvalue weighted by Crippen LogP contribution is -2.45. The van der Waals surface area contributed by atoms with Crippen molar-refractivity contribution in [1.29, 1.82) is 5.26 Å². The van der Waals surface area contributed by atoms with Crippen molar-refractivity contribution < 1.29 is 18.0 Å². The average Bonchev–Trinajstić information content (AvgIpc) is 3.03. The lowest BCUT2D eigenvalue weighted by atomic mass is 10.2. The average molecular weight is 261 g/mol. The summed E-state index contributed by atoms with van der Waals surface area (Å²) in [6, 6.07) is 1.64. The largest absolute Gasteiger partial charge is 0.406 e. The van der Waals surface area contributed by atoms with Gasteiger partial charge in [-0.2, -0.15) is 18.4 Å². The number of nitriles is 1. The van der Waals surface area contributed by atoms with E-state index in [0.29, 0.717) is 6.42 Å². The lowest BCUT2D eigenvalue weighted by molar-refractivity contribution is -0.159.